The van der Waals surface area contributed by atoms with Crippen LogP contribution in [0.5, 0.6) is 5.75 Å². The average molecular weight is 357 g/mol. The molecule has 1 aliphatic heterocycles. The van der Waals surface area contributed by atoms with Crippen LogP contribution in [0.3, 0.4) is 0 Å². The van der Waals surface area contributed by atoms with Gasteiger partial charge in [0.05, 0.1) is 26.0 Å². The molecule has 7 heteroatoms. The van der Waals surface area contributed by atoms with Crippen molar-refractivity contribution in [3.05, 3.63) is 35.5 Å². The maximum absolute atomic E-state index is 5.43. The van der Waals surface area contributed by atoms with E-state index in [2.05, 4.69) is 32.4 Å². The number of rotatable bonds is 7. The molecule has 1 fully saturated rings. The lowest BCUT2D eigenvalue weighted by Gasteiger charge is -2.26. The van der Waals surface area contributed by atoms with E-state index in [1.165, 1.54) is 0 Å². The first-order valence-corrected chi connectivity index (χ1v) is 8.95. The maximum Gasteiger partial charge on any atom is 0.224 e. The SMILES string of the molecule is COc1ccc(C)cc1Nc1cc(C)nc(NCCN2CCOCC2)n1. The van der Waals surface area contributed by atoms with Crippen LogP contribution in [-0.2, 0) is 4.74 Å². The molecule has 0 radical (unpaired) electrons. The Morgan fingerprint density at radius 2 is 1.96 bits per heavy atom. The molecule has 1 aromatic heterocycles. The van der Waals surface area contributed by atoms with Gasteiger partial charge in [-0.25, -0.2) is 4.98 Å². The predicted octanol–water partition coefficient (Wildman–Crippen LogP) is 2.59. The fourth-order valence-electron chi connectivity index (χ4n) is 2.92. The Labute approximate surface area is 154 Å². The van der Waals surface area contributed by atoms with Crippen LogP contribution in [0, 0.1) is 13.8 Å². The Balaban J connectivity index is 1.64. The molecule has 3 rings (SSSR count). The van der Waals surface area contributed by atoms with E-state index in [-0.39, 0.29) is 0 Å². The van der Waals surface area contributed by atoms with E-state index in [1.807, 2.05) is 31.2 Å². The van der Waals surface area contributed by atoms with E-state index in [1.54, 1.807) is 7.11 Å². The average Bonchev–Trinajstić information content (AvgIpc) is 2.62. The highest BCUT2D eigenvalue weighted by Gasteiger charge is 2.10. The van der Waals surface area contributed by atoms with Crippen molar-refractivity contribution in [2.75, 3.05) is 57.1 Å². The van der Waals surface area contributed by atoms with Crippen molar-refractivity contribution in [2.24, 2.45) is 0 Å². The molecule has 140 valence electrons. The maximum atomic E-state index is 5.43. The summed E-state index contributed by atoms with van der Waals surface area (Å²) in [5.74, 6) is 2.16. The summed E-state index contributed by atoms with van der Waals surface area (Å²) in [5.41, 5.74) is 2.95. The number of aryl methyl sites for hydroxylation is 2. The van der Waals surface area contributed by atoms with Gasteiger partial charge in [-0.05, 0) is 31.5 Å². The zero-order valence-electron chi connectivity index (χ0n) is 15.7. The van der Waals surface area contributed by atoms with Crippen LogP contribution in [-0.4, -0.2) is 61.4 Å². The highest BCUT2D eigenvalue weighted by Crippen LogP contribution is 2.28. The van der Waals surface area contributed by atoms with Gasteiger partial charge in [0.2, 0.25) is 5.95 Å². The molecule has 0 amide bonds. The summed E-state index contributed by atoms with van der Waals surface area (Å²) in [6.07, 6.45) is 0. The van der Waals surface area contributed by atoms with Gasteiger partial charge in [0.15, 0.2) is 0 Å². The molecule has 2 aromatic rings. The number of methoxy groups -OCH3 is 1. The molecule has 2 N–H and O–H groups in total. The number of benzene rings is 1. The molecule has 0 unspecified atom stereocenters. The lowest BCUT2D eigenvalue weighted by molar-refractivity contribution is 0.0398. The second-order valence-corrected chi connectivity index (χ2v) is 6.43. The molecule has 0 atom stereocenters. The number of anilines is 3. The van der Waals surface area contributed by atoms with E-state index >= 15 is 0 Å². The van der Waals surface area contributed by atoms with Crippen LogP contribution < -0.4 is 15.4 Å². The normalized spacial score (nSPS) is 14.9. The van der Waals surface area contributed by atoms with E-state index in [0.717, 1.165) is 67.9 Å². The Bertz CT molecular complexity index is 732. The van der Waals surface area contributed by atoms with Crippen molar-refractivity contribution in [1.82, 2.24) is 14.9 Å². The van der Waals surface area contributed by atoms with Gasteiger partial charge < -0.3 is 20.1 Å². The van der Waals surface area contributed by atoms with E-state index in [9.17, 15) is 0 Å². The molecule has 7 nitrogen and oxygen atoms in total. The summed E-state index contributed by atoms with van der Waals surface area (Å²) < 4.78 is 10.8. The topological polar surface area (TPSA) is 71.5 Å². The molecule has 0 aliphatic carbocycles. The lowest BCUT2D eigenvalue weighted by Crippen LogP contribution is -2.39. The highest BCUT2D eigenvalue weighted by atomic mass is 16.5. The van der Waals surface area contributed by atoms with Crippen LogP contribution in [0.15, 0.2) is 24.3 Å². The zero-order valence-corrected chi connectivity index (χ0v) is 15.7. The number of nitrogens with zero attached hydrogens (tertiary/aromatic N) is 3. The number of aromatic nitrogens is 2. The van der Waals surface area contributed by atoms with Crippen molar-refractivity contribution < 1.29 is 9.47 Å². The van der Waals surface area contributed by atoms with Gasteiger partial charge in [-0.2, -0.15) is 4.98 Å². The van der Waals surface area contributed by atoms with Crippen LogP contribution in [0.25, 0.3) is 0 Å². The smallest absolute Gasteiger partial charge is 0.224 e. The van der Waals surface area contributed by atoms with Crippen LogP contribution in [0.1, 0.15) is 11.3 Å². The summed E-state index contributed by atoms with van der Waals surface area (Å²) in [5, 5.41) is 6.67. The van der Waals surface area contributed by atoms with Gasteiger partial charge in [-0.15, -0.1) is 0 Å². The van der Waals surface area contributed by atoms with Crippen molar-refractivity contribution in [1.29, 1.82) is 0 Å². The molecule has 2 heterocycles. The van der Waals surface area contributed by atoms with Gasteiger partial charge in [0.1, 0.15) is 11.6 Å². The first kappa shape index (κ1) is 18.4. The molecule has 0 spiro atoms. The van der Waals surface area contributed by atoms with Gasteiger partial charge in [-0.3, -0.25) is 4.90 Å². The highest BCUT2D eigenvalue weighted by molar-refractivity contribution is 5.65. The number of hydrogen-bond acceptors (Lipinski definition) is 7. The largest absolute Gasteiger partial charge is 0.495 e. The van der Waals surface area contributed by atoms with Gasteiger partial charge in [0.25, 0.3) is 0 Å². The van der Waals surface area contributed by atoms with Gasteiger partial charge in [-0.1, -0.05) is 6.07 Å². The van der Waals surface area contributed by atoms with Crippen molar-refractivity contribution in [3.63, 3.8) is 0 Å². The Kier molecular flexibility index (Phi) is 6.25. The molecule has 0 bridgehead atoms. The fourth-order valence-corrected chi connectivity index (χ4v) is 2.92. The second-order valence-electron chi connectivity index (χ2n) is 6.43. The number of ether oxygens (including phenoxy) is 2. The summed E-state index contributed by atoms with van der Waals surface area (Å²) in [6, 6.07) is 7.94. The quantitative estimate of drug-likeness (QED) is 0.789. The number of hydrogen-bond donors (Lipinski definition) is 2. The number of nitrogens with one attached hydrogen (secondary N) is 2. The zero-order chi connectivity index (χ0) is 18.4. The van der Waals surface area contributed by atoms with Crippen molar-refractivity contribution in [3.8, 4) is 5.75 Å². The second kappa shape index (κ2) is 8.82. The first-order chi connectivity index (χ1) is 12.6. The van der Waals surface area contributed by atoms with E-state index in [0.29, 0.717) is 5.95 Å². The molecule has 1 aliphatic rings. The van der Waals surface area contributed by atoms with Crippen LogP contribution in [0.2, 0.25) is 0 Å². The van der Waals surface area contributed by atoms with Crippen molar-refractivity contribution >= 4 is 17.5 Å². The molecular formula is C19H27N5O2. The monoisotopic (exact) mass is 357 g/mol. The third kappa shape index (κ3) is 5.06. The first-order valence-electron chi connectivity index (χ1n) is 8.95. The minimum absolute atomic E-state index is 0.632. The third-order valence-corrected chi connectivity index (χ3v) is 4.29. The third-order valence-electron chi connectivity index (χ3n) is 4.29. The lowest BCUT2D eigenvalue weighted by atomic mass is 10.2. The standard InChI is InChI=1S/C19H27N5O2/c1-14-4-5-17(25-3)16(12-14)22-18-13-15(2)21-19(23-18)20-6-7-24-8-10-26-11-9-24/h4-5,12-13H,6-11H2,1-3H3,(H2,20,21,22,23). The van der Waals surface area contributed by atoms with Gasteiger partial charge in [0, 0.05) is 37.9 Å². The minimum atomic E-state index is 0.632. The number of morpholine rings is 1. The predicted molar refractivity (Wildman–Crippen MR) is 104 cm³/mol. The Morgan fingerprint density at radius 1 is 1.15 bits per heavy atom. The van der Waals surface area contributed by atoms with E-state index in [4.69, 9.17) is 9.47 Å². The molecule has 1 aromatic carbocycles. The summed E-state index contributed by atoms with van der Waals surface area (Å²) in [6.45, 7) is 9.36. The van der Waals surface area contributed by atoms with Crippen LogP contribution >= 0.6 is 0 Å². The summed E-state index contributed by atoms with van der Waals surface area (Å²) >= 11 is 0. The van der Waals surface area contributed by atoms with Gasteiger partial charge >= 0.3 is 0 Å². The molecule has 0 saturated carbocycles. The summed E-state index contributed by atoms with van der Waals surface area (Å²) in [7, 11) is 1.67. The fraction of sp³-hybridized carbons (Fsp3) is 0.474. The Morgan fingerprint density at radius 3 is 2.73 bits per heavy atom. The Hall–Kier alpha value is -2.38. The van der Waals surface area contributed by atoms with Crippen LogP contribution in [0.4, 0.5) is 17.5 Å². The molecule has 1 saturated heterocycles. The minimum Gasteiger partial charge on any atom is -0.495 e. The molecular weight excluding hydrogens is 330 g/mol. The summed E-state index contributed by atoms with van der Waals surface area (Å²) in [4.78, 5) is 11.4. The van der Waals surface area contributed by atoms with Crippen molar-refractivity contribution in [2.45, 2.75) is 13.8 Å². The van der Waals surface area contributed by atoms with E-state index < -0.39 is 0 Å². The molecule has 26 heavy (non-hydrogen) atoms.